The number of anilines is 1. The van der Waals surface area contributed by atoms with Gasteiger partial charge < -0.3 is 30.2 Å². The van der Waals surface area contributed by atoms with Gasteiger partial charge in [-0.1, -0.05) is 31.0 Å². The number of aromatic amines is 1. The molecule has 2 aromatic carbocycles. The first-order valence-electron chi connectivity index (χ1n) is 15.4. The van der Waals surface area contributed by atoms with Gasteiger partial charge in [-0.05, 0) is 69.0 Å². The molecule has 4 aromatic rings. The first-order valence-corrected chi connectivity index (χ1v) is 16.4. The molecule has 11 nitrogen and oxygen atoms in total. The molecule has 6 N–H and O–H groups in total. The van der Waals surface area contributed by atoms with Gasteiger partial charge in [-0.25, -0.2) is 10.5 Å². The molecule has 1 spiro atoms. The molecule has 234 valence electrons. The number of amides is 1. The van der Waals surface area contributed by atoms with Crippen molar-refractivity contribution in [3.05, 3.63) is 77.6 Å². The molecule has 2 aromatic heterocycles. The first-order chi connectivity index (χ1) is 21.8. The number of fused-ring (bicyclic) bond motifs is 3. The summed E-state index contributed by atoms with van der Waals surface area (Å²) >= 11 is 0. The van der Waals surface area contributed by atoms with E-state index < -0.39 is 11.5 Å². The van der Waals surface area contributed by atoms with Crippen molar-refractivity contribution in [1.29, 1.82) is 0 Å². The lowest BCUT2D eigenvalue weighted by molar-refractivity contribution is -0.120. The number of β-amino-alcohol motifs (C(OH)–C–C–N with tert-alkyl or cyclic N) is 1. The zero-order chi connectivity index (χ0) is 31.0. The van der Waals surface area contributed by atoms with Crippen LogP contribution in [0.15, 0.2) is 66.0 Å². The minimum Gasteiger partial charge on any atom is -0.490 e. The molecule has 45 heavy (non-hydrogen) atoms. The molecule has 4 heterocycles. The SMILES string of the molecule is CC(C)(Cc1c[nH]c2c(Oc3ncccc3C3=NNNP3)cccc12)NCC(O)COc1cccc2c1C1(CCCC1)C(=O)N2. The number of pyridine rings is 1. The van der Waals surface area contributed by atoms with Crippen LogP contribution in [0.5, 0.6) is 17.4 Å². The zero-order valence-corrected chi connectivity index (χ0v) is 26.4. The van der Waals surface area contributed by atoms with Crippen molar-refractivity contribution < 1.29 is 19.4 Å². The minimum absolute atomic E-state index is 0.0712. The number of hydrogen-bond donors (Lipinski definition) is 6. The summed E-state index contributed by atoms with van der Waals surface area (Å²) in [5.41, 5.74) is 7.48. The fourth-order valence-corrected chi connectivity index (χ4v) is 7.40. The fourth-order valence-electron chi connectivity index (χ4n) is 6.74. The van der Waals surface area contributed by atoms with E-state index in [2.05, 4.69) is 56.3 Å². The Hall–Kier alpha value is -4.02. The van der Waals surface area contributed by atoms with Crippen LogP contribution in [0.3, 0.4) is 0 Å². The van der Waals surface area contributed by atoms with Crippen LogP contribution in [0.25, 0.3) is 10.9 Å². The minimum atomic E-state index is -0.726. The number of H-pyrrole nitrogens is 1. The number of nitrogens with zero attached hydrogens (tertiary/aromatic N) is 2. The zero-order valence-electron chi connectivity index (χ0n) is 25.4. The van der Waals surface area contributed by atoms with Crippen LogP contribution in [0.4, 0.5) is 5.69 Å². The van der Waals surface area contributed by atoms with E-state index in [9.17, 15) is 9.90 Å². The number of ether oxygens (including phenoxy) is 2. The van der Waals surface area contributed by atoms with E-state index in [0.717, 1.165) is 70.8 Å². The van der Waals surface area contributed by atoms with Gasteiger partial charge >= 0.3 is 0 Å². The quantitative estimate of drug-likeness (QED) is 0.130. The number of carbonyl (C=O) groups is 1. The average Bonchev–Trinajstić information content (AvgIpc) is 3.85. The van der Waals surface area contributed by atoms with Gasteiger partial charge in [0.05, 0.1) is 16.5 Å². The second-order valence-electron chi connectivity index (χ2n) is 12.6. The summed E-state index contributed by atoms with van der Waals surface area (Å²) in [6.45, 7) is 4.73. The molecule has 7 rings (SSSR count). The molecule has 1 saturated carbocycles. The highest BCUT2D eigenvalue weighted by atomic mass is 31.1. The summed E-state index contributed by atoms with van der Waals surface area (Å²) in [6.07, 6.45) is 7.45. The maximum Gasteiger partial charge on any atom is 0.235 e. The molecule has 2 unspecified atom stereocenters. The third-order valence-corrected chi connectivity index (χ3v) is 9.78. The Morgan fingerprint density at radius 2 is 1.93 bits per heavy atom. The molecule has 0 saturated heterocycles. The van der Waals surface area contributed by atoms with Crippen molar-refractivity contribution >= 4 is 36.7 Å². The molecule has 0 radical (unpaired) electrons. The Labute approximate surface area is 263 Å². The van der Waals surface area contributed by atoms with E-state index in [4.69, 9.17) is 9.47 Å². The largest absolute Gasteiger partial charge is 0.490 e. The fraction of sp³-hybridized carbons (Fsp3) is 0.364. The molecule has 1 fully saturated rings. The lowest BCUT2D eigenvalue weighted by Gasteiger charge is -2.28. The van der Waals surface area contributed by atoms with Crippen molar-refractivity contribution in [2.45, 2.75) is 63.0 Å². The van der Waals surface area contributed by atoms with Crippen molar-refractivity contribution in [1.82, 2.24) is 26.0 Å². The number of hydrazine groups is 1. The van der Waals surface area contributed by atoms with Gasteiger partial charge in [0.2, 0.25) is 11.8 Å². The van der Waals surface area contributed by atoms with Crippen molar-refractivity contribution in [2.75, 3.05) is 18.5 Å². The predicted octanol–water partition coefficient (Wildman–Crippen LogP) is 4.83. The van der Waals surface area contributed by atoms with E-state index in [1.54, 1.807) is 6.20 Å². The number of carbonyl (C=O) groups excluding carboxylic acids is 1. The number of nitrogens with one attached hydrogen (secondary N) is 5. The van der Waals surface area contributed by atoms with E-state index in [0.29, 0.717) is 32.7 Å². The number of aliphatic hydroxyl groups excluding tert-OH is 1. The summed E-state index contributed by atoms with van der Waals surface area (Å²) in [5, 5.41) is 25.8. The van der Waals surface area contributed by atoms with Gasteiger partial charge in [0.1, 0.15) is 23.9 Å². The molecule has 12 heteroatoms. The smallest absolute Gasteiger partial charge is 0.235 e. The highest BCUT2D eigenvalue weighted by Gasteiger charge is 2.50. The second kappa shape index (κ2) is 12.1. The van der Waals surface area contributed by atoms with Gasteiger partial charge in [-0.3, -0.25) is 4.79 Å². The maximum atomic E-state index is 12.9. The molecule has 0 bridgehead atoms. The van der Waals surface area contributed by atoms with E-state index >= 15 is 0 Å². The average molecular weight is 628 g/mol. The van der Waals surface area contributed by atoms with E-state index in [1.807, 2.05) is 48.7 Å². The van der Waals surface area contributed by atoms with Crippen molar-refractivity contribution in [2.24, 2.45) is 5.10 Å². The van der Waals surface area contributed by atoms with Crippen LogP contribution in [0.1, 0.15) is 56.2 Å². The van der Waals surface area contributed by atoms with Crippen LogP contribution < -0.4 is 30.8 Å². The van der Waals surface area contributed by atoms with Crippen molar-refractivity contribution in [3.63, 3.8) is 0 Å². The number of benzene rings is 2. The summed E-state index contributed by atoms with van der Waals surface area (Å²) in [7, 11) is 0.317. The second-order valence-corrected chi connectivity index (χ2v) is 13.6. The van der Waals surface area contributed by atoms with Crippen LogP contribution >= 0.6 is 8.73 Å². The Balaban J connectivity index is 0.993. The number of aromatic nitrogens is 2. The molecule has 3 aliphatic rings. The lowest BCUT2D eigenvalue weighted by atomic mass is 9.79. The van der Waals surface area contributed by atoms with E-state index in [-0.39, 0.29) is 18.1 Å². The summed E-state index contributed by atoms with van der Waals surface area (Å²) in [6, 6.07) is 15.6. The van der Waals surface area contributed by atoms with E-state index in [1.165, 1.54) is 0 Å². The highest BCUT2D eigenvalue weighted by molar-refractivity contribution is 7.57. The topological polar surface area (TPSA) is 145 Å². The third-order valence-electron chi connectivity index (χ3n) is 8.92. The molecular formula is C33H38N7O4P. The van der Waals surface area contributed by atoms with Gasteiger partial charge in [-0.2, -0.15) is 10.3 Å². The Bertz CT molecular complexity index is 1770. The van der Waals surface area contributed by atoms with Crippen LogP contribution in [-0.2, 0) is 16.6 Å². The molecular weight excluding hydrogens is 589 g/mol. The normalized spacial score (nSPS) is 18.2. The van der Waals surface area contributed by atoms with Crippen LogP contribution in [-0.4, -0.2) is 51.2 Å². The van der Waals surface area contributed by atoms with Gasteiger partial charge in [-0.15, -0.1) is 0 Å². The summed E-state index contributed by atoms with van der Waals surface area (Å²) in [4.78, 5) is 20.8. The third kappa shape index (κ3) is 5.77. The molecule has 2 aliphatic heterocycles. The molecule has 1 amide bonds. The number of para-hydroxylation sites is 1. The number of hydrogen-bond acceptors (Lipinski definition) is 9. The summed E-state index contributed by atoms with van der Waals surface area (Å²) < 4.78 is 12.5. The Morgan fingerprint density at radius 1 is 1.11 bits per heavy atom. The molecule has 1 aliphatic carbocycles. The summed E-state index contributed by atoms with van der Waals surface area (Å²) in [5.74, 6) is 1.94. The van der Waals surface area contributed by atoms with Crippen molar-refractivity contribution in [3.8, 4) is 17.4 Å². The van der Waals surface area contributed by atoms with Gasteiger partial charge in [0, 0.05) is 49.8 Å². The Kier molecular flexibility index (Phi) is 7.95. The molecule has 2 atom stereocenters. The predicted molar refractivity (Wildman–Crippen MR) is 176 cm³/mol. The monoisotopic (exact) mass is 627 g/mol. The maximum absolute atomic E-state index is 12.9. The lowest BCUT2D eigenvalue weighted by Crippen LogP contribution is -2.46. The highest BCUT2D eigenvalue weighted by Crippen LogP contribution is 2.52. The number of hydrazone groups is 1. The Morgan fingerprint density at radius 3 is 2.76 bits per heavy atom. The van der Waals surface area contributed by atoms with Crippen LogP contribution in [0.2, 0.25) is 0 Å². The number of aliphatic hydroxyl groups is 1. The number of rotatable bonds is 11. The van der Waals surface area contributed by atoms with Crippen LogP contribution in [0, 0.1) is 0 Å². The van der Waals surface area contributed by atoms with Gasteiger partial charge in [0.15, 0.2) is 5.75 Å². The van der Waals surface area contributed by atoms with Gasteiger partial charge in [0.25, 0.3) is 0 Å². The standard InChI is InChI=1S/C33H38N7O4P/c1-32(2,36-18-21(41)19-43-25-11-6-10-24-27(25)33(31(42)37-24)13-3-4-14-33)16-20-17-35-28-22(20)8-5-12-26(28)44-29-23(9-7-15-34-29)30-38-39-40-45-30/h5-12,15,17,21,35-36,39-41,45H,3-4,13-14,16,18-19H2,1-2H3,(H,37,42). The first kappa shape index (κ1) is 29.7.